The van der Waals surface area contributed by atoms with Gasteiger partial charge in [-0.3, -0.25) is 19.8 Å². The topological polar surface area (TPSA) is 143 Å². The Kier molecular flexibility index (Phi) is 14.0. The number of nitrogens with two attached hydrogens (primary N) is 2. The number of hydrazine groups is 1. The number of hydrogen-bond acceptors (Lipinski definition) is 6. The monoisotopic (exact) mass is 508 g/mol. The van der Waals surface area contributed by atoms with E-state index < -0.39 is 5.91 Å². The zero-order chi connectivity index (χ0) is 27.8. The number of benzene rings is 2. The molecule has 0 spiro atoms. The molecular formula is C28H40N6O3. The van der Waals surface area contributed by atoms with Crippen LogP contribution in [0.1, 0.15) is 80.2 Å². The molecule has 1 aliphatic rings. The molecule has 9 nitrogen and oxygen atoms in total. The zero-order valence-electron chi connectivity index (χ0n) is 22.5. The quantitative estimate of drug-likeness (QED) is 0.178. The maximum absolute atomic E-state index is 12.6. The van der Waals surface area contributed by atoms with Gasteiger partial charge in [0.25, 0.3) is 11.8 Å². The van der Waals surface area contributed by atoms with Gasteiger partial charge >= 0.3 is 0 Å². The summed E-state index contributed by atoms with van der Waals surface area (Å²) >= 11 is 0. The highest BCUT2D eigenvalue weighted by atomic mass is 16.2. The number of amidine groups is 1. The number of rotatable bonds is 8. The lowest BCUT2D eigenvalue weighted by atomic mass is 10.1. The van der Waals surface area contributed by atoms with E-state index in [1.54, 1.807) is 41.3 Å². The lowest BCUT2D eigenvalue weighted by Crippen LogP contribution is -2.30. The second-order valence-corrected chi connectivity index (χ2v) is 8.19. The highest BCUT2D eigenvalue weighted by molar-refractivity contribution is 6.06. The smallest absolute Gasteiger partial charge is 0.265 e. The van der Waals surface area contributed by atoms with E-state index in [0.29, 0.717) is 34.8 Å². The molecule has 2 aromatic carbocycles. The first-order valence-electron chi connectivity index (χ1n) is 12.6. The predicted molar refractivity (Wildman–Crippen MR) is 152 cm³/mol. The van der Waals surface area contributed by atoms with Crippen molar-refractivity contribution in [1.82, 2.24) is 10.3 Å². The first-order chi connectivity index (χ1) is 17.8. The molecule has 0 fully saturated rings. The van der Waals surface area contributed by atoms with Crippen LogP contribution in [0.2, 0.25) is 0 Å². The fourth-order valence-electron chi connectivity index (χ4n) is 3.52. The SMILES string of the molecule is CC.CC1=Cc2ccc(C(=O)Nc3cccc(C(=O)NN)c3)cc2N=C(N)C1.CCCN(C=O)CCC. The van der Waals surface area contributed by atoms with Crippen LogP contribution in [0.5, 0.6) is 0 Å². The van der Waals surface area contributed by atoms with Crippen LogP contribution in [0, 0.1) is 0 Å². The van der Waals surface area contributed by atoms with Gasteiger partial charge in [0.05, 0.1) is 5.69 Å². The van der Waals surface area contributed by atoms with Gasteiger partial charge < -0.3 is 16.0 Å². The molecule has 200 valence electrons. The first-order valence-corrected chi connectivity index (χ1v) is 12.6. The third-order valence-corrected chi connectivity index (χ3v) is 5.10. The van der Waals surface area contributed by atoms with Crippen molar-refractivity contribution in [2.24, 2.45) is 16.6 Å². The highest BCUT2D eigenvalue weighted by Gasteiger charge is 2.13. The molecule has 0 saturated heterocycles. The molecule has 0 atom stereocenters. The van der Waals surface area contributed by atoms with Crippen molar-refractivity contribution in [3.63, 3.8) is 0 Å². The Morgan fingerprint density at radius 2 is 1.68 bits per heavy atom. The van der Waals surface area contributed by atoms with E-state index in [1.807, 2.05) is 32.9 Å². The summed E-state index contributed by atoms with van der Waals surface area (Å²) in [7, 11) is 0. The largest absolute Gasteiger partial charge is 0.387 e. The van der Waals surface area contributed by atoms with Gasteiger partial charge in [-0.2, -0.15) is 0 Å². The van der Waals surface area contributed by atoms with Gasteiger partial charge in [0, 0.05) is 41.9 Å². The van der Waals surface area contributed by atoms with E-state index in [2.05, 4.69) is 29.6 Å². The fraction of sp³-hybridized carbons (Fsp3) is 0.357. The van der Waals surface area contributed by atoms with Crippen LogP contribution in [0.4, 0.5) is 11.4 Å². The van der Waals surface area contributed by atoms with Crippen LogP contribution in [0.25, 0.3) is 6.08 Å². The molecule has 2 aromatic rings. The highest BCUT2D eigenvalue weighted by Crippen LogP contribution is 2.27. The van der Waals surface area contributed by atoms with Gasteiger partial charge in [-0.1, -0.05) is 51.5 Å². The van der Waals surface area contributed by atoms with Crippen LogP contribution in [-0.2, 0) is 4.79 Å². The maximum atomic E-state index is 12.6. The number of hydrogen-bond donors (Lipinski definition) is 4. The number of amides is 3. The second-order valence-electron chi connectivity index (χ2n) is 8.19. The van der Waals surface area contributed by atoms with Gasteiger partial charge in [-0.25, -0.2) is 10.8 Å². The number of nitrogen functional groups attached to an aromatic ring is 1. The van der Waals surface area contributed by atoms with Crippen LogP contribution in [0.15, 0.2) is 53.0 Å². The van der Waals surface area contributed by atoms with Gasteiger partial charge in [0.1, 0.15) is 5.84 Å². The summed E-state index contributed by atoms with van der Waals surface area (Å²) in [5.74, 6) is 4.90. The summed E-state index contributed by atoms with van der Waals surface area (Å²) in [5.41, 5.74) is 11.9. The van der Waals surface area contributed by atoms with Crippen molar-refractivity contribution >= 4 is 41.5 Å². The number of carbonyl (C=O) groups excluding carboxylic acids is 3. The van der Waals surface area contributed by atoms with Crippen molar-refractivity contribution in [1.29, 1.82) is 0 Å². The van der Waals surface area contributed by atoms with Crippen LogP contribution in [0.3, 0.4) is 0 Å². The molecule has 6 N–H and O–H groups in total. The lowest BCUT2D eigenvalue weighted by molar-refractivity contribution is -0.118. The number of nitrogens with zero attached hydrogens (tertiary/aromatic N) is 2. The number of carbonyl (C=O) groups is 3. The molecule has 0 aliphatic carbocycles. The maximum Gasteiger partial charge on any atom is 0.265 e. The van der Waals surface area contributed by atoms with Gasteiger partial charge in [0.2, 0.25) is 6.41 Å². The summed E-state index contributed by atoms with van der Waals surface area (Å²) in [6.45, 7) is 11.9. The van der Waals surface area contributed by atoms with E-state index in [9.17, 15) is 14.4 Å². The van der Waals surface area contributed by atoms with Gasteiger partial charge in [-0.05, 0) is 50.1 Å². The van der Waals surface area contributed by atoms with Gasteiger partial charge in [0.15, 0.2) is 0 Å². The Morgan fingerprint density at radius 1 is 1.03 bits per heavy atom. The van der Waals surface area contributed by atoms with Crippen molar-refractivity contribution in [3.8, 4) is 0 Å². The summed E-state index contributed by atoms with van der Waals surface area (Å²) < 4.78 is 0. The van der Waals surface area contributed by atoms with Crippen molar-refractivity contribution in [2.75, 3.05) is 18.4 Å². The van der Waals surface area contributed by atoms with E-state index in [1.165, 1.54) is 0 Å². The summed E-state index contributed by atoms with van der Waals surface area (Å²) in [6.07, 6.45) is 5.64. The number of anilines is 1. The predicted octanol–water partition coefficient (Wildman–Crippen LogP) is 4.63. The Labute approximate surface area is 220 Å². The molecule has 0 bridgehead atoms. The van der Waals surface area contributed by atoms with E-state index in [4.69, 9.17) is 11.6 Å². The van der Waals surface area contributed by atoms with E-state index >= 15 is 0 Å². The van der Waals surface area contributed by atoms with Crippen molar-refractivity contribution in [2.45, 2.75) is 53.9 Å². The zero-order valence-corrected chi connectivity index (χ0v) is 22.5. The van der Waals surface area contributed by atoms with Crippen molar-refractivity contribution < 1.29 is 14.4 Å². The molecule has 0 aromatic heterocycles. The summed E-state index contributed by atoms with van der Waals surface area (Å²) in [4.78, 5) is 40.5. The third kappa shape index (κ3) is 10.3. The molecule has 1 aliphatic heterocycles. The number of nitrogens with one attached hydrogen (secondary N) is 2. The molecule has 0 unspecified atom stereocenters. The number of aliphatic imine (C=N–C) groups is 1. The third-order valence-electron chi connectivity index (χ3n) is 5.10. The Balaban J connectivity index is 0.000000529. The summed E-state index contributed by atoms with van der Waals surface area (Å²) in [5, 5.41) is 2.77. The van der Waals surface area contributed by atoms with Crippen LogP contribution < -0.4 is 22.3 Å². The molecule has 9 heteroatoms. The molecular weight excluding hydrogens is 468 g/mol. The van der Waals surface area contributed by atoms with Crippen LogP contribution >= 0.6 is 0 Å². The number of fused-ring (bicyclic) bond motifs is 1. The van der Waals surface area contributed by atoms with Gasteiger partial charge in [-0.15, -0.1) is 0 Å². The second kappa shape index (κ2) is 16.6. The average Bonchev–Trinajstić information content (AvgIpc) is 3.05. The average molecular weight is 509 g/mol. The summed E-state index contributed by atoms with van der Waals surface area (Å²) in [6, 6.07) is 11.8. The van der Waals surface area contributed by atoms with Crippen molar-refractivity contribution in [3.05, 3.63) is 64.7 Å². The molecule has 37 heavy (non-hydrogen) atoms. The Bertz CT molecular complexity index is 1100. The van der Waals surface area contributed by atoms with Crippen LogP contribution in [-0.4, -0.2) is 42.0 Å². The van der Waals surface area contributed by atoms with E-state index in [0.717, 1.165) is 43.5 Å². The molecule has 0 radical (unpaired) electrons. The minimum atomic E-state index is -0.432. The normalized spacial score (nSPS) is 11.5. The molecule has 3 amide bonds. The Morgan fingerprint density at radius 3 is 2.27 bits per heavy atom. The van der Waals surface area contributed by atoms with E-state index in [-0.39, 0.29) is 5.91 Å². The fourth-order valence-corrected chi connectivity index (χ4v) is 3.52. The first kappa shape index (κ1) is 31.1. The molecule has 1 heterocycles. The molecule has 3 rings (SSSR count). The standard InChI is InChI=1S/C19H19N5O2.C7H15NO.C2H6/c1-11-7-12-5-6-14(10-16(12)23-17(20)8-11)18(25)22-15-4-2-3-13(9-15)19(26)24-21;1-3-5-8(7-9)6-4-2;1-2/h2-7,9-10H,8,21H2,1H3,(H2,20,23)(H,22,25)(H,24,26);7H,3-6H2,1-2H3;1-2H3. The minimum Gasteiger partial charge on any atom is -0.387 e. The Hall–Kier alpha value is -3.98. The minimum absolute atomic E-state index is 0.308. The lowest BCUT2D eigenvalue weighted by Gasteiger charge is -2.13. The molecule has 0 saturated carbocycles.